The van der Waals surface area contributed by atoms with E-state index in [4.69, 9.17) is 23.2 Å². The lowest BCUT2D eigenvalue weighted by Gasteiger charge is -2.28. The van der Waals surface area contributed by atoms with Crippen molar-refractivity contribution >= 4 is 35.0 Å². The summed E-state index contributed by atoms with van der Waals surface area (Å²) in [6.45, 7) is 0.769. The highest BCUT2D eigenvalue weighted by atomic mass is 35.5. The third-order valence-corrected chi connectivity index (χ3v) is 5.03. The number of hydrogen-bond donors (Lipinski definition) is 0. The molecule has 2 amide bonds. The van der Waals surface area contributed by atoms with Gasteiger partial charge in [0.2, 0.25) is 5.91 Å². The van der Waals surface area contributed by atoms with Crippen molar-refractivity contribution in [3.05, 3.63) is 69.5 Å². The fourth-order valence-electron chi connectivity index (χ4n) is 3.35. The first-order chi connectivity index (χ1) is 12.8. The second-order valence-electron chi connectivity index (χ2n) is 6.64. The number of likely N-dealkylation sites (N-methyl/N-ethyl adjacent to an activating group) is 1. The Kier molecular flexibility index (Phi) is 6.02. The lowest BCUT2D eigenvalue weighted by atomic mass is 10.1. The third kappa shape index (κ3) is 4.60. The molecule has 0 bridgehead atoms. The third-order valence-electron chi connectivity index (χ3n) is 4.59. The minimum Gasteiger partial charge on any atom is -0.340 e. The van der Waals surface area contributed by atoms with E-state index in [1.165, 1.54) is 17.0 Å². The summed E-state index contributed by atoms with van der Waals surface area (Å²) in [5.74, 6) is -0.781. The van der Waals surface area contributed by atoms with Gasteiger partial charge >= 0.3 is 0 Å². The molecule has 2 aromatic rings. The van der Waals surface area contributed by atoms with E-state index in [0.29, 0.717) is 34.1 Å². The number of hydrogen-bond acceptors (Lipinski definition) is 2. The van der Waals surface area contributed by atoms with E-state index in [2.05, 4.69) is 0 Å². The van der Waals surface area contributed by atoms with E-state index in [9.17, 15) is 14.0 Å². The number of amides is 2. The van der Waals surface area contributed by atoms with Gasteiger partial charge in [-0.05, 0) is 48.7 Å². The van der Waals surface area contributed by atoms with E-state index in [1.54, 1.807) is 42.3 Å². The van der Waals surface area contributed by atoms with Crippen molar-refractivity contribution in [2.75, 3.05) is 13.6 Å². The van der Waals surface area contributed by atoms with Crippen molar-refractivity contribution in [3.8, 4) is 0 Å². The molecule has 1 saturated heterocycles. The fourth-order valence-corrected chi connectivity index (χ4v) is 3.88. The van der Waals surface area contributed by atoms with Gasteiger partial charge in [-0.2, -0.15) is 0 Å². The molecular formula is C20H19Cl2FN2O2. The summed E-state index contributed by atoms with van der Waals surface area (Å²) in [6, 6.07) is 10.2. The SMILES string of the molecule is CN(Cc1cccc(F)c1)C(=O)C1CCCN1C(=O)c1cc(Cl)cc(Cl)c1. The summed E-state index contributed by atoms with van der Waals surface area (Å²) >= 11 is 12.0. The van der Waals surface area contributed by atoms with Crippen LogP contribution >= 0.6 is 23.2 Å². The predicted octanol–water partition coefficient (Wildman–Crippen LogP) is 4.40. The molecule has 1 fully saturated rings. The molecule has 1 heterocycles. The normalized spacial score (nSPS) is 16.4. The molecule has 1 unspecified atom stereocenters. The fraction of sp³-hybridized carbons (Fsp3) is 0.300. The van der Waals surface area contributed by atoms with Crippen LogP contribution in [0.2, 0.25) is 10.0 Å². The van der Waals surface area contributed by atoms with Crippen LogP contribution in [0.3, 0.4) is 0 Å². The largest absolute Gasteiger partial charge is 0.340 e. The number of nitrogens with zero attached hydrogens (tertiary/aromatic N) is 2. The number of halogens is 3. The summed E-state index contributed by atoms with van der Waals surface area (Å²) in [6.07, 6.45) is 1.33. The van der Waals surface area contributed by atoms with Crippen molar-refractivity contribution in [2.45, 2.75) is 25.4 Å². The van der Waals surface area contributed by atoms with Crippen LogP contribution in [0.5, 0.6) is 0 Å². The van der Waals surface area contributed by atoms with E-state index >= 15 is 0 Å². The second kappa shape index (κ2) is 8.28. The Bertz CT molecular complexity index is 855. The van der Waals surface area contributed by atoms with Gasteiger partial charge in [-0.1, -0.05) is 35.3 Å². The van der Waals surface area contributed by atoms with Crippen molar-refractivity contribution in [2.24, 2.45) is 0 Å². The van der Waals surface area contributed by atoms with Crippen LogP contribution in [0.25, 0.3) is 0 Å². The lowest BCUT2D eigenvalue weighted by molar-refractivity contribution is -0.134. The molecular weight excluding hydrogens is 390 g/mol. The first-order valence-electron chi connectivity index (χ1n) is 8.61. The second-order valence-corrected chi connectivity index (χ2v) is 7.51. The molecule has 1 aliphatic rings. The molecule has 27 heavy (non-hydrogen) atoms. The molecule has 1 atom stereocenters. The highest BCUT2D eigenvalue weighted by molar-refractivity contribution is 6.35. The lowest BCUT2D eigenvalue weighted by Crippen LogP contribution is -2.46. The van der Waals surface area contributed by atoms with Gasteiger partial charge in [0.15, 0.2) is 0 Å². The van der Waals surface area contributed by atoms with Gasteiger partial charge in [0.1, 0.15) is 11.9 Å². The average molecular weight is 409 g/mol. The van der Waals surface area contributed by atoms with Crippen LogP contribution in [0.15, 0.2) is 42.5 Å². The molecule has 0 radical (unpaired) electrons. The monoisotopic (exact) mass is 408 g/mol. The van der Waals surface area contributed by atoms with Gasteiger partial charge in [-0.3, -0.25) is 9.59 Å². The molecule has 0 saturated carbocycles. The van der Waals surface area contributed by atoms with Crippen LogP contribution in [0, 0.1) is 5.82 Å². The maximum absolute atomic E-state index is 13.4. The summed E-state index contributed by atoms with van der Waals surface area (Å²) in [7, 11) is 1.66. The Hall–Kier alpha value is -2.11. The smallest absolute Gasteiger partial charge is 0.254 e. The van der Waals surface area contributed by atoms with Gasteiger partial charge in [-0.15, -0.1) is 0 Å². The zero-order chi connectivity index (χ0) is 19.6. The van der Waals surface area contributed by atoms with Crippen LogP contribution in [0.4, 0.5) is 4.39 Å². The molecule has 0 spiro atoms. The first kappa shape index (κ1) is 19.6. The topological polar surface area (TPSA) is 40.6 Å². The number of likely N-dealkylation sites (tertiary alicyclic amines) is 1. The van der Waals surface area contributed by atoms with Crippen LogP contribution in [-0.2, 0) is 11.3 Å². The minimum absolute atomic E-state index is 0.168. The summed E-state index contributed by atoms with van der Waals surface area (Å²) < 4.78 is 13.4. The van der Waals surface area contributed by atoms with Gasteiger partial charge in [0.25, 0.3) is 5.91 Å². The van der Waals surface area contributed by atoms with Crippen LogP contribution < -0.4 is 0 Å². The molecule has 0 N–H and O–H groups in total. The first-order valence-corrected chi connectivity index (χ1v) is 9.37. The predicted molar refractivity (Wildman–Crippen MR) is 103 cm³/mol. The number of carbonyl (C=O) groups is 2. The Morgan fingerprint density at radius 2 is 1.89 bits per heavy atom. The summed E-state index contributed by atoms with van der Waals surface area (Å²) in [4.78, 5) is 28.9. The molecule has 3 rings (SSSR count). The Balaban J connectivity index is 1.74. The standard InChI is InChI=1S/C20H19Cl2FN2O2/c1-24(12-13-4-2-5-17(23)8-13)20(27)18-6-3-7-25(18)19(26)14-9-15(21)11-16(22)10-14/h2,4-5,8-11,18H,3,6-7,12H2,1H3. The van der Waals surface area contributed by atoms with Gasteiger partial charge in [0.05, 0.1) is 0 Å². The quantitative estimate of drug-likeness (QED) is 0.752. The molecule has 2 aromatic carbocycles. The molecule has 7 heteroatoms. The van der Waals surface area contributed by atoms with Gasteiger partial charge in [0, 0.05) is 35.7 Å². The molecule has 0 aromatic heterocycles. The van der Waals surface area contributed by atoms with Crippen molar-refractivity contribution in [3.63, 3.8) is 0 Å². The Morgan fingerprint density at radius 3 is 2.56 bits per heavy atom. The van der Waals surface area contributed by atoms with Crippen LogP contribution in [0.1, 0.15) is 28.8 Å². The summed E-state index contributed by atoms with van der Waals surface area (Å²) in [5.41, 5.74) is 1.06. The molecule has 4 nitrogen and oxygen atoms in total. The zero-order valence-corrected chi connectivity index (χ0v) is 16.3. The summed E-state index contributed by atoms with van der Waals surface area (Å²) in [5, 5.41) is 0.743. The highest BCUT2D eigenvalue weighted by Crippen LogP contribution is 2.25. The van der Waals surface area contributed by atoms with Crippen molar-refractivity contribution < 1.29 is 14.0 Å². The number of carbonyl (C=O) groups excluding carboxylic acids is 2. The molecule has 1 aliphatic heterocycles. The van der Waals surface area contributed by atoms with Crippen molar-refractivity contribution in [1.29, 1.82) is 0 Å². The van der Waals surface area contributed by atoms with E-state index in [0.717, 1.165) is 6.42 Å². The van der Waals surface area contributed by atoms with Gasteiger partial charge < -0.3 is 9.80 Å². The van der Waals surface area contributed by atoms with E-state index < -0.39 is 6.04 Å². The number of benzene rings is 2. The Morgan fingerprint density at radius 1 is 1.19 bits per heavy atom. The van der Waals surface area contributed by atoms with Crippen molar-refractivity contribution in [1.82, 2.24) is 9.80 Å². The van der Waals surface area contributed by atoms with Crippen LogP contribution in [-0.4, -0.2) is 41.2 Å². The van der Waals surface area contributed by atoms with Gasteiger partial charge in [-0.25, -0.2) is 4.39 Å². The Labute approximate surface area is 167 Å². The maximum Gasteiger partial charge on any atom is 0.254 e. The number of rotatable bonds is 4. The van der Waals surface area contributed by atoms with E-state index in [-0.39, 0.29) is 24.2 Å². The molecule has 0 aliphatic carbocycles. The minimum atomic E-state index is -0.547. The average Bonchev–Trinajstić information content (AvgIpc) is 3.09. The maximum atomic E-state index is 13.4. The zero-order valence-electron chi connectivity index (χ0n) is 14.8. The van der Waals surface area contributed by atoms with E-state index in [1.807, 2.05) is 0 Å². The molecule has 142 valence electrons. The highest BCUT2D eigenvalue weighted by Gasteiger charge is 2.36.